The summed E-state index contributed by atoms with van der Waals surface area (Å²) >= 11 is 1.85. The van der Waals surface area contributed by atoms with E-state index in [1.165, 1.54) is 10.4 Å². The third-order valence-electron chi connectivity index (χ3n) is 5.43. The fourth-order valence-corrected chi connectivity index (χ4v) is 4.85. The highest BCUT2D eigenvalue weighted by Crippen LogP contribution is 2.32. The van der Waals surface area contributed by atoms with Gasteiger partial charge in [-0.15, -0.1) is 11.3 Å². The number of anilines is 2. The van der Waals surface area contributed by atoms with Crippen molar-refractivity contribution in [2.24, 2.45) is 0 Å². The zero-order chi connectivity index (χ0) is 18.6. The Morgan fingerprint density at radius 1 is 1.22 bits per heavy atom. The van der Waals surface area contributed by atoms with E-state index < -0.39 is 0 Å². The first kappa shape index (κ1) is 18.3. The fraction of sp³-hybridized carbons (Fsp3) is 0.476. The number of rotatable bonds is 4. The van der Waals surface area contributed by atoms with Gasteiger partial charge in [-0.2, -0.15) is 0 Å². The van der Waals surface area contributed by atoms with Crippen LogP contribution in [0, 0.1) is 0 Å². The number of piperidine rings is 1. The average molecular weight is 386 g/mol. The van der Waals surface area contributed by atoms with Crippen molar-refractivity contribution in [3.8, 4) is 0 Å². The van der Waals surface area contributed by atoms with Crippen molar-refractivity contribution in [3.63, 3.8) is 0 Å². The van der Waals surface area contributed by atoms with Gasteiger partial charge in [-0.3, -0.25) is 0 Å². The van der Waals surface area contributed by atoms with Gasteiger partial charge in [0.05, 0.1) is 17.5 Å². The highest BCUT2D eigenvalue weighted by Gasteiger charge is 2.24. The van der Waals surface area contributed by atoms with Gasteiger partial charge in [0, 0.05) is 37.7 Å². The fourth-order valence-electron chi connectivity index (χ4n) is 3.96. The van der Waals surface area contributed by atoms with Gasteiger partial charge in [0.25, 0.3) is 0 Å². The van der Waals surface area contributed by atoms with Crippen LogP contribution < -0.4 is 10.2 Å². The van der Waals surface area contributed by atoms with Crippen LogP contribution in [0.25, 0.3) is 0 Å². The Morgan fingerprint density at radius 3 is 2.85 bits per heavy atom. The minimum atomic E-state index is -0.00868. The summed E-state index contributed by atoms with van der Waals surface area (Å²) in [6, 6.07) is 10.3. The molecule has 4 rings (SSSR count). The summed E-state index contributed by atoms with van der Waals surface area (Å²) in [5.41, 5.74) is 3.41. The van der Waals surface area contributed by atoms with E-state index in [-0.39, 0.29) is 6.03 Å². The molecule has 2 aliphatic rings. The summed E-state index contributed by atoms with van der Waals surface area (Å²) < 4.78 is 5.69. The van der Waals surface area contributed by atoms with Crippen molar-refractivity contribution >= 4 is 28.7 Å². The van der Waals surface area contributed by atoms with Gasteiger partial charge >= 0.3 is 6.03 Å². The summed E-state index contributed by atoms with van der Waals surface area (Å²) in [4.78, 5) is 18.5. The van der Waals surface area contributed by atoms with Crippen LogP contribution in [0.4, 0.5) is 16.2 Å². The van der Waals surface area contributed by atoms with E-state index in [0.29, 0.717) is 6.10 Å². The van der Waals surface area contributed by atoms with Gasteiger partial charge < -0.3 is 19.9 Å². The van der Waals surface area contributed by atoms with Crippen molar-refractivity contribution in [3.05, 3.63) is 46.2 Å². The molecule has 6 heteroatoms. The number of ether oxygens (including phenoxy) is 1. The van der Waals surface area contributed by atoms with E-state index in [1.54, 1.807) is 0 Å². The predicted octanol–water partition coefficient (Wildman–Crippen LogP) is 4.34. The summed E-state index contributed by atoms with van der Waals surface area (Å²) in [6.45, 7) is 6.16. The Balaban J connectivity index is 1.42. The highest BCUT2D eigenvalue weighted by atomic mass is 32.1. The van der Waals surface area contributed by atoms with Crippen LogP contribution in [0.3, 0.4) is 0 Å². The molecule has 1 aromatic heterocycles. The number of hydrogen-bond donors (Lipinski definition) is 1. The second-order valence-electron chi connectivity index (χ2n) is 7.13. The van der Waals surface area contributed by atoms with E-state index in [4.69, 9.17) is 4.74 Å². The van der Waals surface area contributed by atoms with E-state index in [0.717, 1.165) is 63.4 Å². The topological polar surface area (TPSA) is 44.8 Å². The maximum absolute atomic E-state index is 12.8. The number of urea groups is 1. The number of amides is 2. The molecule has 0 bridgehead atoms. The Morgan fingerprint density at radius 2 is 2.04 bits per heavy atom. The molecule has 0 saturated carbocycles. The molecule has 5 nitrogen and oxygen atoms in total. The van der Waals surface area contributed by atoms with Gasteiger partial charge in [0.15, 0.2) is 0 Å². The normalized spacial score (nSPS) is 17.7. The second-order valence-corrected chi connectivity index (χ2v) is 8.13. The quantitative estimate of drug-likeness (QED) is 0.851. The lowest BCUT2D eigenvalue weighted by molar-refractivity contribution is 0.0232. The molecule has 1 N–H and O–H groups in total. The Kier molecular flexibility index (Phi) is 5.64. The molecular formula is C21H27N3O2S. The third-order valence-corrected chi connectivity index (χ3v) is 6.45. The number of hydrogen-bond acceptors (Lipinski definition) is 4. The van der Waals surface area contributed by atoms with E-state index in [2.05, 4.69) is 27.7 Å². The van der Waals surface area contributed by atoms with Crippen molar-refractivity contribution in [2.75, 3.05) is 36.5 Å². The third kappa shape index (κ3) is 4.12. The van der Waals surface area contributed by atoms with Crippen molar-refractivity contribution < 1.29 is 9.53 Å². The molecule has 1 aromatic carbocycles. The summed E-state index contributed by atoms with van der Waals surface area (Å²) in [5, 5.41) is 5.32. The molecule has 0 radical (unpaired) electrons. The minimum absolute atomic E-state index is 0.00868. The standard InChI is InChI=1S/C21H27N3O2S/c1-2-26-17-7-11-23(12-8-17)21(25)22-18-5-3-4-6-19(18)24-13-9-20-16(15-24)10-14-27-20/h3-6,10,14,17H,2,7-9,11-13,15H2,1H3,(H,22,25). The molecule has 0 spiro atoms. The van der Waals surface area contributed by atoms with Gasteiger partial charge in [0.2, 0.25) is 0 Å². The molecule has 27 heavy (non-hydrogen) atoms. The molecule has 1 fully saturated rings. The molecule has 144 valence electrons. The highest BCUT2D eigenvalue weighted by molar-refractivity contribution is 7.10. The number of para-hydroxylation sites is 2. The molecule has 0 unspecified atom stereocenters. The monoisotopic (exact) mass is 385 g/mol. The number of nitrogens with zero attached hydrogens (tertiary/aromatic N) is 2. The maximum atomic E-state index is 12.8. The van der Waals surface area contributed by atoms with Crippen LogP contribution in [0.15, 0.2) is 35.7 Å². The molecule has 2 aromatic rings. The molecular weight excluding hydrogens is 358 g/mol. The molecule has 2 amide bonds. The second kappa shape index (κ2) is 8.31. The van der Waals surface area contributed by atoms with Crippen LogP contribution in [0.5, 0.6) is 0 Å². The Hall–Kier alpha value is -2.05. The molecule has 2 aliphatic heterocycles. The lowest BCUT2D eigenvalue weighted by Crippen LogP contribution is -2.43. The summed E-state index contributed by atoms with van der Waals surface area (Å²) in [5.74, 6) is 0. The van der Waals surface area contributed by atoms with Crippen LogP contribution in [-0.4, -0.2) is 43.3 Å². The number of benzene rings is 1. The molecule has 0 atom stereocenters. The Labute approximate surface area is 164 Å². The van der Waals surface area contributed by atoms with Gasteiger partial charge in [-0.1, -0.05) is 12.1 Å². The minimum Gasteiger partial charge on any atom is -0.378 e. The van der Waals surface area contributed by atoms with Crippen LogP contribution >= 0.6 is 11.3 Å². The van der Waals surface area contributed by atoms with Gasteiger partial charge in [0.1, 0.15) is 0 Å². The number of thiophene rings is 1. The first-order chi connectivity index (χ1) is 13.2. The van der Waals surface area contributed by atoms with Crippen molar-refractivity contribution in [2.45, 2.75) is 38.8 Å². The van der Waals surface area contributed by atoms with Crippen molar-refractivity contribution in [1.82, 2.24) is 4.90 Å². The zero-order valence-electron chi connectivity index (χ0n) is 15.8. The summed E-state index contributed by atoms with van der Waals surface area (Å²) in [6.07, 6.45) is 3.19. The zero-order valence-corrected chi connectivity index (χ0v) is 16.6. The van der Waals surface area contributed by atoms with Crippen LogP contribution in [0.2, 0.25) is 0 Å². The van der Waals surface area contributed by atoms with Crippen LogP contribution in [-0.2, 0) is 17.7 Å². The smallest absolute Gasteiger partial charge is 0.321 e. The molecule has 3 heterocycles. The van der Waals surface area contributed by atoms with Crippen molar-refractivity contribution in [1.29, 1.82) is 0 Å². The van der Waals surface area contributed by atoms with E-state index in [1.807, 2.05) is 41.4 Å². The summed E-state index contributed by atoms with van der Waals surface area (Å²) in [7, 11) is 0. The van der Waals surface area contributed by atoms with Gasteiger partial charge in [-0.05, 0) is 55.3 Å². The lowest BCUT2D eigenvalue weighted by Gasteiger charge is -2.33. The maximum Gasteiger partial charge on any atom is 0.321 e. The predicted molar refractivity (Wildman–Crippen MR) is 111 cm³/mol. The number of fused-ring (bicyclic) bond motifs is 1. The average Bonchev–Trinajstić information content (AvgIpc) is 3.17. The number of nitrogens with one attached hydrogen (secondary N) is 1. The Bertz CT molecular complexity index is 783. The van der Waals surface area contributed by atoms with E-state index in [9.17, 15) is 4.79 Å². The lowest BCUT2D eigenvalue weighted by atomic mass is 10.1. The SMILES string of the molecule is CCOC1CCN(C(=O)Nc2ccccc2N2CCc3sccc3C2)CC1. The largest absolute Gasteiger partial charge is 0.378 e. The number of carbonyl (C=O) groups excluding carboxylic acids is 1. The first-order valence-corrected chi connectivity index (χ1v) is 10.7. The van der Waals surface area contributed by atoms with Crippen LogP contribution in [0.1, 0.15) is 30.2 Å². The molecule has 0 aliphatic carbocycles. The number of likely N-dealkylation sites (tertiary alicyclic amines) is 1. The first-order valence-electron chi connectivity index (χ1n) is 9.81. The number of carbonyl (C=O) groups is 1. The molecule has 1 saturated heterocycles. The van der Waals surface area contributed by atoms with Gasteiger partial charge in [-0.25, -0.2) is 4.79 Å². The van der Waals surface area contributed by atoms with E-state index >= 15 is 0 Å².